The molecule has 2 heterocycles. The third kappa shape index (κ3) is 3.90. The van der Waals surface area contributed by atoms with Crippen molar-refractivity contribution in [1.82, 2.24) is 20.1 Å². The quantitative estimate of drug-likeness (QED) is 0.927. The fraction of sp³-hybridized carbons (Fsp3) is 0.526. The van der Waals surface area contributed by atoms with E-state index in [1.165, 1.54) is 6.33 Å². The highest BCUT2D eigenvalue weighted by molar-refractivity contribution is 5.94. The third-order valence-electron chi connectivity index (χ3n) is 4.72. The SMILES string of the molecule is Cc1cc(C(=O)NCC2CCOC2C(C)(C)C)ccc1-n1cncn1. The number of nitrogens with zero attached hydrogens (tertiary/aromatic N) is 3. The molecular formula is C19H26N4O2. The molecule has 0 spiro atoms. The van der Waals surface area contributed by atoms with Gasteiger partial charge in [-0.3, -0.25) is 4.79 Å². The summed E-state index contributed by atoms with van der Waals surface area (Å²) >= 11 is 0. The number of benzene rings is 1. The van der Waals surface area contributed by atoms with Gasteiger partial charge >= 0.3 is 0 Å². The monoisotopic (exact) mass is 342 g/mol. The molecule has 134 valence electrons. The van der Waals surface area contributed by atoms with E-state index in [4.69, 9.17) is 4.74 Å². The van der Waals surface area contributed by atoms with Crippen LogP contribution in [-0.4, -0.2) is 39.9 Å². The molecule has 0 radical (unpaired) electrons. The fourth-order valence-electron chi connectivity index (χ4n) is 3.51. The van der Waals surface area contributed by atoms with Crippen LogP contribution in [0.3, 0.4) is 0 Å². The van der Waals surface area contributed by atoms with Crippen LogP contribution in [-0.2, 0) is 4.74 Å². The number of ether oxygens (including phenoxy) is 1. The van der Waals surface area contributed by atoms with Gasteiger partial charge in [0.15, 0.2) is 0 Å². The summed E-state index contributed by atoms with van der Waals surface area (Å²) in [5, 5.41) is 7.20. The molecule has 6 heteroatoms. The lowest BCUT2D eigenvalue weighted by molar-refractivity contribution is 0.00737. The molecule has 0 saturated carbocycles. The second-order valence-electron chi connectivity index (χ2n) is 7.76. The van der Waals surface area contributed by atoms with Crippen molar-refractivity contribution in [2.24, 2.45) is 11.3 Å². The number of nitrogens with one attached hydrogen (secondary N) is 1. The van der Waals surface area contributed by atoms with E-state index in [0.29, 0.717) is 18.0 Å². The molecule has 3 rings (SSSR count). The van der Waals surface area contributed by atoms with Gasteiger partial charge in [-0.2, -0.15) is 5.10 Å². The summed E-state index contributed by atoms with van der Waals surface area (Å²) in [4.78, 5) is 16.5. The number of amides is 1. The van der Waals surface area contributed by atoms with Crippen molar-refractivity contribution >= 4 is 5.91 Å². The molecule has 1 amide bonds. The average molecular weight is 342 g/mol. The second-order valence-corrected chi connectivity index (χ2v) is 7.76. The number of hydrogen-bond donors (Lipinski definition) is 1. The van der Waals surface area contributed by atoms with E-state index in [1.807, 2.05) is 25.1 Å². The van der Waals surface area contributed by atoms with Gasteiger partial charge in [0.25, 0.3) is 5.91 Å². The number of aromatic nitrogens is 3. The van der Waals surface area contributed by atoms with Crippen molar-refractivity contribution in [3.8, 4) is 5.69 Å². The van der Waals surface area contributed by atoms with E-state index in [-0.39, 0.29) is 17.4 Å². The minimum atomic E-state index is -0.0483. The summed E-state index contributed by atoms with van der Waals surface area (Å²) in [6.07, 6.45) is 4.32. The molecule has 1 aromatic carbocycles. The molecule has 1 aromatic heterocycles. The van der Waals surface area contributed by atoms with Crippen molar-refractivity contribution in [2.75, 3.05) is 13.2 Å². The molecule has 1 aliphatic heterocycles. The van der Waals surface area contributed by atoms with Crippen LogP contribution in [0.2, 0.25) is 0 Å². The number of carbonyl (C=O) groups is 1. The Morgan fingerprint density at radius 2 is 2.20 bits per heavy atom. The highest BCUT2D eigenvalue weighted by Crippen LogP contribution is 2.34. The Labute approximate surface area is 148 Å². The van der Waals surface area contributed by atoms with Crippen molar-refractivity contribution < 1.29 is 9.53 Å². The van der Waals surface area contributed by atoms with E-state index >= 15 is 0 Å². The summed E-state index contributed by atoms with van der Waals surface area (Å²) in [5.74, 6) is 0.312. The van der Waals surface area contributed by atoms with E-state index in [9.17, 15) is 4.79 Å². The Kier molecular flexibility index (Phi) is 4.90. The van der Waals surface area contributed by atoms with Gasteiger partial charge in [-0.25, -0.2) is 9.67 Å². The lowest BCUT2D eigenvalue weighted by atomic mass is 9.81. The fourth-order valence-corrected chi connectivity index (χ4v) is 3.51. The number of aryl methyl sites for hydroxylation is 1. The van der Waals surface area contributed by atoms with E-state index < -0.39 is 0 Å². The second kappa shape index (κ2) is 6.96. The van der Waals surface area contributed by atoms with Gasteiger partial charge in [0, 0.05) is 24.6 Å². The molecule has 1 N–H and O–H groups in total. The van der Waals surface area contributed by atoms with Gasteiger partial charge in [-0.1, -0.05) is 20.8 Å². The predicted molar refractivity (Wildman–Crippen MR) is 95.7 cm³/mol. The average Bonchev–Trinajstić information content (AvgIpc) is 3.23. The van der Waals surface area contributed by atoms with Crippen molar-refractivity contribution in [1.29, 1.82) is 0 Å². The third-order valence-corrected chi connectivity index (χ3v) is 4.72. The van der Waals surface area contributed by atoms with Crippen LogP contribution in [0.15, 0.2) is 30.9 Å². The van der Waals surface area contributed by atoms with E-state index in [1.54, 1.807) is 11.0 Å². The molecule has 2 atom stereocenters. The maximum absolute atomic E-state index is 12.5. The summed E-state index contributed by atoms with van der Waals surface area (Å²) in [6, 6.07) is 5.61. The first kappa shape index (κ1) is 17.6. The maximum atomic E-state index is 12.5. The first-order valence-electron chi connectivity index (χ1n) is 8.71. The van der Waals surface area contributed by atoms with Gasteiger partial charge < -0.3 is 10.1 Å². The standard InChI is InChI=1S/C19H26N4O2/c1-13-9-14(5-6-16(13)23-12-20-11-22-23)18(24)21-10-15-7-8-25-17(15)19(2,3)4/h5-6,9,11-12,15,17H,7-8,10H2,1-4H3,(H,21,24). The molecular weight excluding hydrogens is 316 g/mol. The Bertz CT molecular complexity index is 734. The van der Waals surface area contributed by atoms with E-state index in [2.05, 4.69) is 36.2 Å². The first-order valence-corrected chi connectivity index (χ1v) is 8.71. The van der Waals surface area contributed by atoms with Crippen molar-refractivity contribution in [2.45, 2.75) is 40.2 Å². The summed E-state index contributed by atoms with van der Waals surface area (Å²) in [7, 11) is 0. The van der Waals surface area contributed by atoms with Gasteiger partial charge in [0.05, 0.1) is 11.8 Å². The maximum Gasteiger partial charge on any atom is 0.251 e. The zero-order valence-electron chi connectivity index (χ0n) is 15.3. The minimum absolute atomic E-state index is 0.0483. The molecule has 25 heavy (non-hydrogen) atoms. The zero-order chi connectivity index (χ0) is 18.0. The normalized spacial score (nSPS) is 20.6. The minimum Gasteiger partial charge on any atom is -0.377 e. The molecule has 0 bridgehead atoms. The highest BCUT2D eigenvalue weighted by atomic mass is 16.5. The van der Waals surface area contributed by atoms with Crippen LogP contribution in [0, 0.1) is 18.3 Å². The van der Waals surface area contributed by atoms with Gasteiger partial charge in [-0.15, -0.1) is 0 Å². The molecule has 6 nitrogen and oxygen atoms in total. The van der Waals surface area contributed by atoms with Crippen LogP contribution in [0.1, 0.15) is 43.1 Å². The van der Waals surface area contributed by atoms with Gasteiger partial charge in [0.2, 0.25) is 0 Å². The Morgan fingerprint density at radius 1 is 1.40 bits per heavy atom. The Morgan fingerprint density at radius 3 is 2.84 bits per heavy atom. The van der Waals surface area contributed by atoms with Gasteiger partial charge in [-0.05, 0) is 42.5 Å². The molecule has 1 aliphatic rings. The summed E-state index contributed by atoms with van der Waals surface area (Å²) < 4.78 is 7.57. The Balaban J connectivity index is 1.65. The molecule has 1 fully saturated rings. The molecule has 2 aromatic rings. The van der Waals surface area contributed by atoms with Crippen LogP contribution < -0.4 is 5.32 Å². The lowest BCUT2D eigenvalue weighted by Gasteiger charge is -2.31. The van der Waals surface area contributed by atoms with Crippen molar-refractivity contribution in [3.05, 3.63) is 42.0 Å². The molecule has 0 aliphatic carbocycles. The van der Waals surface area contributed by atoms with Crippen LogP contribution in [0.4, 0.5) is 0 Å². The number of hydrogen-bond acceptors (Lipinski definition) is 4. The zero-order valence-corrected chi connectivity index (χ0v) is 15.3. The topological polar surface area (TPSA) is 69.0 Å². The summed E-state index contributed by atoms with van der Waals surface area (Å²) in [6.45, 7) is 9.94. The largest absolute Gasteiger partial charge is 0.377 e. The van der Waals surface area contributed by atoms with Crippen molar-refractivity contribution in [3.63, 3.8) is 0 Å². The molecule has 2 unspecified atom stereocenters. The van der Waals surface area contributed by atoms with Crippen LogP contribution in [0.25, 0.3) is 5.69 Å². The predicted octanol–water partition coefficient (Wildman–Crippen LogP) is 2.76. The lowest BCUT2D eigenvalue weighted by Crippen LogP contribution is -2.38. The summed E-state index contributed by atoms with van der Waals surface area (Å²) in [5.41, 5.74) is 2.65. The highest BCUT2D eigenvalue weighted by Gasteiger charge is 2.37. The van der Waals surface area contributed by atoms with E-state index in [0.717, 1.165) is 24.3 Å². The first-order chi connectivity index (χ1) is 11.9. The van der Waals surface area contributed by atoms with Crippen LogP contribution in [0.5, 0.6) is 0 Å². The van der Waals surface area contributed by atoms with Crippen LogP contribution >= 0.6 is 0 Å². The molecule has 1 saturated heterocycles. The van der Waals surface area contributed by atoms with Gasteiger partial charge in [0.1, 0.15) is 12.7 Å². The smallest absolute Gasteiger partial charge is 0.251 e. The number of carbonyl (C=O) groups excluding carboxylic acids is 1. The Hall–Kier alpha value is -2.21. The number of rotatable bonds is 4.